The van der Waals surface area contributed by atoms with Crippen LogP contribution in [-0.2, 0) is 0 Å². The van der Waals surface area contributed by atoms with Crippen LogP contribution in [-0.4, -0.2) is 23.2 Å². The van der Waals surface area contributed by atoms with Crippen LogP contribution in [0.25, 0.3) is 0 Å². The molecular weight excluding hydrogens is 216 g/mol. The second kappa shape index (κ2) is 7.47. The number of hydrogen-bond donors (Lipinski definition) is 3. The summed E-state index contributed by atoms with van der Waals surface area (Å²) in [6.45, 7) is 1.03. The Bertz CT molecular complexity index is 387. The average Bonchev–Trinajstić information content (AvgIpc) is 2.35. The topological polar surface area (TPSA) is 95.0 Å². The second-order valence-electron chi connectivity index (χ2n) is 3.84. The van der Waals surface area contributed by atoms with Crippen molar-refractivity contribution in [3.8, 4) is 6.07 Å². The molecule has 5 nitrogen and oxygen atoms in total. The highest BCUT2D eigenvalue weighted by atomic mass is 16.2. The second-order valence-corrected chi connectivity index (χ2v) is 3.84. The molecule has 0 saturated heterocycles. The van der Waals surface area contributed by atoms with Gasteiger partial charge in [0.15, 0.2) is 0 Å². The van der Waals surface area contributed by atoms with Crippen LogP contribution in [0.15, 0.2) is 12.3 Å². The Kier molecular flexibility index (Phi) is 5.83. The van der Waals surface area contributed by atoms with E-state index in [4.69, 9.17) is 16.1 Å². The lowest BCUT2D eigenvalue weighted by molar-refractivity contribution is 0.283. The van der Waals surface area contributed by atoms with Crippen LogP contribution in [0.3, 0.4) is 0 Å². The van der Waals surface area contributed by atoms with E-state index < -0.39 is 0 Å². The van der Waals surface area contributed by atoms with E-state index in [-0.39, 0.29) is 6.61 Å². The van der Waals surface area contributed by atoms with Crippen molar-refractivity contribution in [3.05, 3.63) is 17.8 Å². The smallest absolute Gasteiger partial charge is 0.144 e. The molecule has 0 unspecified atom stereocenters. The summed E-state index contributed by atoms with van der Waals surface area (Å²) in [4.78, 5) is 4.08. The molecule has 1 aromatic heterocycles. The van der Waals surface area contributed by atoms with Crippen molar-refractivity contribution in [2.45, 2.75) is 25.7 Å². The number of nitrogens with one attached hydrogen (secondary N) is 1. The van der Waals surface area contributed by atoms with Gasteiger partial charge in [0.2, 0.25) is 0 Å². The number of pyridine rings is 1. The van der Waals surface area contributed by atoms with Gasteiger partial charge < -0.3 is 16.2 Å². The number of aliphatic hydroxyl groups excluding tert-OH is 1. The third-order valence-corrected chi connectivity index (χ3v) is 2.41. The van der Waals surface area contributed by atoms with Crippen LogP contribution in [0.4, 0.5) is 11.5 Å². The molecule has 1 heterocycles. The molecule has 17 heavy (non-hydrogen) atoms. The maximum Gasteiger partial charge on any atom is 0.144 e. The Hall–Kier alpha value is -1.80. The van der Waals surface area contributed by atoms with Crippen LogP contribution in [0.1, 0.15) is 31.2 Å². The fourth-order valence-corrected chi connectivity index (χ4v) is 1.50. The van der Waals surface area contributed by atoms with E-state index in [0.29, 0.717) is 17.1 Å². The Labute approximate surface area is 101 Å². The van der Waals surface area contributed by atoms with E-state index in [1.807, 2.05) is 0 Å². The molecule has 1 aromatic rings. The molecule has 5 heteroatoms. The summed E-state index contributed by atoms with van der Waals surface area (Å²) in [6.07, 6.45) is 5.47. The first-order valence-corrected chi connectivity index (χ1v) is 5.78. The third-order valence-electron chi connectivity index (χ3n) is 2.41. The summed E-state index contributed by atoms with van der Waals surface area (Å²) in [7, 11) is 0. The number of aromatic nitrogens is 1. The zero-order valence-corrected chi connectivity index (χ0v) is 9.82. The molecule has 0 aliphatic rings. The van der Waals surface area contributed by atoms with Crippen molar-refractivity contribution in [2.75, 3.05) is 24.2 Å². The molecule has 0 aliphatic carbocycles. The fourth-order valence-electron chi connectivity index (χ4n) is 1.50. The number of unbranched alkanes of at least 4 members (excludes halogenated alkanes) is 3. The fraction of sp³-hybridized carbons (Fsp3) is 0.500. The van der Waals surface area contributed by atoms with Gasteiger partial charge in [-0.25, -0.2) is 4.98 Å². The van der Waals surface area contributed by atoms with E-state index in [1.54, 1.807) is 6.07 Å². The predicted octanol–water partition coefficient (Wildman–Crippen LogP) is 1.50. The highest BCUT2D eigenvalue weighted by Crippen LogP contribution is 2.14. The number of nitrogens with zero attached hydrogens (tertiary/aromatic N) is 2. The number of nitrogens with two attached hydrogens (primary N) is 1. The molecule has 0 aromatic carbocycles. The molecule has 0 radical (unpaired) electrons. The van der Waals surface area contributed by atoms with Gasteiger partial charge in [0, 0.05) is 13.2 Å². The van der Waals surface area contributed by atoms with Crippen molar-refractivity contribution in [1.82, 2.24) is 4.98 Å². The first-order chi connectivity index (χ1) is 8.27. The lowest BCUT2D eigenvalue weighted by Crippen LogP contribution is -2.06. The van der Waals surface area contributed by atoms with Gasteiger partial charge in [0.05, 0.1) is 17.4 Å². The minimum atomic E-state index is 0.255. The summed E-state index contributed by atoms with van der Waals surface area (Å²) in [5, 5.41) is 20.6. The summed E-state index contributed by atoms with van der Waals surface area (Å²) >= 11 is 0. The first kappa shape index (κ1) is 13.3. The average molecular weight is 234 g/mol. The summed E-state index contributed by atoms with van der Waals surface area (Å²) in [6, 6.07) is 3.67. The van der Waals surface area contributed by atoms with Gasteiger partial charge in [-0.2, -0.15) is 5.26 Å². The van der Waals surface area contributed by atoms with Crippen molar-refractivity contribution < 1.29 is 5.11 Å². The molecule has 0 bridgehead atoms. The van der Waals surface area contributed by atoms with E-state index in [2.05, 4.69) is 16.4 Å². The molecule has 0 aliphatic heterocycles. The largest absolute Gasteiger partial charge is 0.397 e. The SMILES string of the molecule is N#Cc1cc(N)cnc1NCCCCCCO. The van der Waals surface area contributed by atoms with Gasteiger partial charge >= 0.3 is 0 Å². The summed E-state index contributed by atoms with van der Waals surface area (Å²) < 4.78 is 0. The highest BCUT2D eigenvalue weighted by molar-refractivity contribution is 5.57. The Balaban J connectivity index is 2.34. The summed E-state index contributed by atoms with van der Waals surface area (Å²) in [5.74, 6) is 0.587. The van der Waals surface area contributed by atoms with Crippen LogP contribution >= 0.6 is 0 Å². The number of anilines is 2. The van der Waals surface area contributed by atoms with Gasteiger partial charge in [-0.05, 0) is 18.9 Å². The number of nitriles is 1. The Morgan fingerprint density at radius 2 is 2.12 bits per heavy atom. The molecule has 4 N–H and O–H groups in total. The normalized spacial score (nSPS) is 9.88. The van der Waals surface area contributed by atoms with Gasteiger partial charge in [0.1, 0.15) is 11.9 Å². The zero-order valence-electron chi connectivity index (χ0n) is 9.82. The molecule has 0 spiro atoms. The maximum absolute atomic E-state index is 8.90. The highest BCUT2D eigenvalue weighted by Gasteiger charge is 2.02. The molecule has 92 valence electrons. The lowest BCUT2D eigenvalue weighted by Gasteiger charge is -2.07. The number of hydrogen-bond acceptors (Lipinski definition) is 5. The van der Waals surface area contributed by atoms with Gasteiger partial charge in [-0.3, -0.25) is 0 Å². The van der Waals surface area contributed by atoms with E-state index in [0.717, 1.165) is 32.2 Å². The molecule has 0 atom stereocenters. The van der Waals surface area contributed by atoms with Crippen molar-refractivity contribution >= 4 is 11.5 Å². The molecule has 0 fully saturated rings. The maximum atomic E-state index is 8.90. The number of nitrogen functional groups attached to an aromatic ring is 1. The molecular formula is C12H18N4O. The van der Waals surface area contributed by atoms with Crippen LogP contribution in [0, 0.1) is 11.3 Å². The van der Waals surface area contributed by atoms with E-state index in [9.17, 15) is 0 Å². The van der Waals surface area contributed by atoms with Crippen molar-refractivity contribution in [1.29, 1.82) is 5.26 Å². The standard InChI is InChI=1S/C12H18N4O/c13-8-10-7-11(14)9-16-12(10)15-5-3-1-2-4-6-17/h7,9,17H,1-6,14H2,(H,15,16). The van der Waals surface area contributed by atoms with Crippen molar-refractivity contribution in [3.63, 3.8) is 0 Å². The number of rotatable bonds is 7. The van der Waals surface area contributed by atoms with Gasteiger partial charge in [-0.15, -0.1) is 0 Å². The molecule has 0 saturated carbocycles. The van der Waals surface area contributed by atoms with Crippen LogP contribution in [0.2, 0.25) is 0 Å². The van der Waals surface area contributed by atoms with Gasteiger partial charge in [0.25, 0.3) is 0 Å². The monoisotopic (exact) mass is 234 g/mol. The Morgan fingerprint density at radius 1 is 1.35 bits per heavy atom. The molecule has 0 amide bonds. The third kappa shape index (κ3) is 4.70. The zero-order chi connectivity index (χ0) is 12.5. The van der Waals surface area contributed by atoms with Crippen molar-refractivity contribution in [2.24, 2.45) is 0 Å². The minimum absolute atomic E-state index is 0.255. The first-order valence-electron chi connectivity index (χ1n) is 5.78. The Morgan fingerprint density at radius 3 is 2.82 bits per heavy atom. The quantitative estimate of drug-likeness (QED) is 0.621. The molecule has 1 rings (SSSR count). The lowest BCUT2D eigenvalue weighted by atomic mass is 10.2. The van der Waals surface area contributed by atoms with Gasteiger partial charge in [-0.1, -0.05) is 12.8 Å². The van der Waals surface area contributed by atoms with E-state index in [1.165, 1.54) is 6.20 Å². The summed E-state index contributed by atoms with van der Waals surface area (Å²) in [5.41, 5.74) is 6.52. The predicted molar refractivity (Wildman–Crippen MR) is 67.4 cm³/mol. The minimum Gasteiger partial charge on any atom is -0.397 e. The van der Waals surface area contributed by atoms with Crippen LogP contribution in [0.5, 0.6) is 0 Å². The number of aliphatic hydroxyl groups is 1. The van der Waals surface area contributed by atoms with Crippen LogP contribution < -0.4 is 11.1 Å². The van der Waals surface area contributed by atoms with E-state index >= 15 is 0 Å².